The van der Waals surface area contributed by atoms with Gasteiger partial charge >= 0.3 is 0 Å². The molecule has 0 radical (unpaired) electrons. The number of ether oxygens (including phenoxy) is 1. The second-order valence-electron chi connectivity index (χ2n) is 8.72. The number of rotatable bonds is 4. The average Bonchev–Trinajstić information content (AvgIpc) is 2.67. The van der Waals surface area contributed by atoms with Gasteiger partial charge in [0.2, 0.25) is 0 Å². The van der Waals surface area contributed by atoms with Crippen LogP contribution in [0, 0.1) is 23.6 Å². The van der Waals surface area contributed by atoms with Gasteiger partial charge in [0.25, 0.3) is 0 Å². The molecule has 4 rings (SSSR count). The Morgan fingerprint density at radius 3 is 2.67 bits per heavy atom. The van der Waals surface area contributed by atoms with Crippen LogP contribution in [0.25, 0.3) is 10.8 Å². The van der Waals surface area contributed by atoms with Gasteiger partial charge in [-0.2, -0.15) is 0 Å². The summed E-state index contributed by atoms with van der Waals surface area (Å²) in [5.74, 6) is 3.46. The lowest BCUT2D eigenvalue weighted by Gasteiger charge is -2.41. The summed E-state index contributed by atoms with van der Waals surface area (Å²) in [4.78, 5) is 0. The van der Waals surface area contributed by atoms with Gasteiger partial charge in [-0.1, -0.05) is 43.7 Å². The van der Waals surface area contributed by atoms with Crippen molar-refractivity contribution in [3.8, 4) is 5.75 Å². The number of halogens is 1. The molecule has 0 saturated heterocycles. The third-order valence-corrected chi connectivity index (χ3v) is 6.83. The zero-order valence-corrected chi connectivity index (χ0v) is 16.6. The van der Waals surface area contributed by atoms with Gasteiger partial charge in [0.1, 0.15) is 6.61 Å². The number of hydrogen-bond acceptors (Lipinski definition) is 1. The predicted molar refractivity (Wildman–Crippen MR) is 111 cm³/mol. The Morgan fingerprint density at radius 2 is 1.81 bits per heavy atom. The molecular formula is C25H31FO. The maximum absolute atomic E-state index is 14.4. The minimum Gasteiger partial charge on any atom is -0.486 e. The van der Waals surface area contributed by atoms with Crippen LogP contribution in [0.3, 0.4) is 0 Å². The monoisotopic (exact) mass is 366 g/mol. The molecule has 0 aliphatic heterocycles. The van der Waals surface area contributed by atoms with Crippen LogP contribution in [0.15, 0.2) is 42.5 Å². The van der Waals surface area contributed by atoms with Crippen LogP contribution >= 0.6 is 0 Å². The molecule has 144 valence electrons. The molecule has 0 N–H and O–H groups in total. The third-order valence-electron chi connectivity index (χ3n) is 6.83. The molecule has 0 spiro atoms. The third kappa shape index (κ3) is 4.05. The largest absolute Gasteiger partial charge is 0.486 e. The topological polar surface area (TPSA) is 9.23 Å². The van der Waals surface area contributed by atoms with Crippen molar-refractivity contribution >= 4 is 10.8 Å². The lowest BCUT2D eigenvalue weighted by molar-refractivity contribution is 0.124. The van der Waals surface area contributed by atoms with Gasteiger partial charge in [0.05, 0.1) is 0 Å². The van der Waals surface area contributed by atoms with Gasteiger partial charge in [-0.15, -0.1) is 0 Å². The summed E-state index contributed by atoms with van der Waals surface area (Å²) in [6.45, 7) is 4.75. The summed E-state index contributed by atoms with van der Waals surface area (Å²) in [7, 11) is 0. The molecule has 2 aliphatic carbocycles. The van der Waals surface area contributed by atoms with Gasteiger partial charge in [-0.05, 0) is 91.2 Å². The fourth-order valence-electron chi connectivity index (χ4n) is 5.29. The van der Waals surface area contributed by atoms with Crippen molar-refractivity contribution in [2.24, 2.45) is 17.8 Å². The molecule has 27 heavy (non-hydrogen) atoms. The van der Waals surface area contributed by atoms with E-state index in [0.717, 1.165) is 28.5 Å². The van der Waals surface area contributed by atoms with Gasteiger partial charge in [-0.3, -0.25) is 0 Å². The van der Waals surface area contributed by atoms with Crippen molar-refractivity contribution < 1.29 is 9.13 Å². The maximum Gasteiger partial charge on any atom is 0.165 e. The van der Waals surface area contributed by atoms with E-state index < -0.39 is 0 Å². The average molecular weight is 367 g/mol. The minimum atomic E-state index is -0.269. The van der Waals surface area contributed by atoms with Gasteiger partial charge < -0.3 is 4.74 Å². The molecule has 2 aromatic carbocycles. The van der Waals surface area contributed by atoms with E-state index in [2.05, 4.69) is 25.1 Å². The molecule has 4 atom stereocenters. The summed E-state index contributed by atoms with van der Waals surface area (Å²) in [6.07, 6.45) is 12.0. The van der Waals surface area contributed by atoms with Crippen molar-refractivity contribution in [3.05, 3.63) is 53.9 Å². The zero-order valence-electron chi connectivity index (χ0n) is 16.6. The molecular weight excluding hydrogens is 335 g/mol. The van der Waals surface area contributed by atoms with Crippen molar-refractivity contribution in [3.63, 3.8) is 0 Å². The molecule has 0 heterocycles. The fraction of sp³-hybridized carbons (Fsp3) is 0.520. The summed E-state index contributed by atoms with van der Waals surface area (Å²) in [5.41, 5.74) is 1.39. The van der Waals surface area contributed by atoms with E-state index in [1.165, 1.54) is 44.1 Å². The van der Waals surface area contributed by atoms with Gasteiger partial charge in [0.15, 0.2) is 11.6 Å². The predicted octanol–water partition coefficient (Wildman–Crippen LogP) is 7.25. The number of fused-ring (bicyclic) bond motifs is 2. The van der Waals surface area contributed by atoms with Crippen molar-refractivity contribution in [2.45, 2.75) is 58.3 Å². The molecule has 2 fully saturated rings. The smallest absolute Gasteiger partial charge is 0.165 e. The highest BCUT2D eigenvalue weighted by Gasteiger charge is 2.34. The summed E-state index contributed by atoms with van der Waals surface area (Å²) >= 11 is 0. The Balaban J connectivity index is 1.52. The van der Waals surface area contributed by atoms with E-state index in [1.807, 2.05) is 25.1 Å². The van der Waals surface area contributed by atoms with Crippen LogP contribution in [0.4, 0.5) is 4.39 Å². The zero-order chi connectivity index (χ0) is 18.8. The highest BCUT2D eigenvalue weighted by Crippen LogP contribution is 2.47. The van der Waals surface area contributed by atoms with E-state index in [-0.39, 0.29) is 5.82 Å². The van der Waals surface area contributed by atoms with Crippen molar-refractivity contribution in [1.82, 2.24) is 0 Å². The van der Waals surface area contributed by atoms with Gasteiger partial charge in [0, 0.05) is 0 Å². The number of benzene rings is 2. The Bertz CT molecular complexity index is 824. The van der Waals surface area contributed by atoms with Crippen LogP contribution in [0.2, 0.25) is 0 Å². The Kier molecular flexibility index (Phi) is 5.52. The maximum atomic E-state index is 14.4. The molecule has 2 aromatic rings. The summed E-state index contributed by atoms with van der Waals surface area (Å²) < 4.78 is 20.0. The SMILES string of the molecule is C/C=C/COc1cc2ccc(C3CCC4CC(C)CCC4C3)cc2cc1F. The standard InChI is InChI=1S/C25H31FO/c1-3-4-11-27-25-16-22-10-9-21(14-23(22)15-24(25)26)20-8-7-18-12-17(2)5-6-19(18)13-20/h3-4,9-10,14-20H,5-8,11-13H2,1-2H3/b4-3+. The first-order chi connectivity index (χ1) is 13.1. The molecule has 2 heteroatoms. The highest BCUT2D eigenvalue weighted by atomic mass is 19.1. The molecule has 4 unspecified atom stereocenters. The fourth-order valence-corrected chi connectivity index (χ4v) is 5.29. The molecule has 0 bridgehead atoms. The number of allylic oxidation sites excluding steroid dienone is 1. The molecule has 0 aromatic heterocycles. The second kappa shape index (κ2) is 8.04. The minimum absolute atomic E-state index is 0.269. The van der Waals surface area contributed by atoms with Crippen LogP contribution in [-0.2, 0) is 0 Å². The molecule has 2 aliphatic rings. The molecule has 0 amide bonds. The van der Waals surface area contributed by atoms with E-state index in [1.54, 1.807) is 6.07 Å². The first kappa shape index (κ1) is 18.5. The van der Waals surface area contributed by atoms with E-state index in [4.69, 9.17) is 4.74 Å². The highest BCUT2D eigenvalue weighted by molar-refractivity contribution is 5.84. The van der Waals surface area contributed by atoms with E-state index in [9.17, 15) is 4.39 Å². The van der Waals surface area contributed by atoms with Crippen LogP contribution < -0.4 is 4.74 Å². The van der Waals surface area contributed by atoms with E-state index >= 15 is 0 Å². The Hall–Kier alpha value is -1.83. The lowest BCUT2D eigenvalue weighted by atomic mass is 9.64. The molecule has 1 nitrogen and oxygen atoms in total. The quantitative estimate of drug-likeness (QED) is 0.518. The summed E-state index contributed by atoms with van der Waals surface area (Å²) in [6, 6.07) is 10.1. The van der Waals surface area contributed by atoms with Crippen molar-refractivity contribution in [2.75, 3.05) is 6.61 Å². The normalized spacial score (nSPS) is 28.4. The van der Waals surface area contributed by atoms with Crippen molar-refractivity contribution in [1.29, 1.82) is 0 Å². The van der Waals surface area contributed by atoms with E-state index in [0.29, 0.717) is 18.3 Å². The van der Waals surface area contributed by atoms with Crippen LogP contribution in [0.5, 0.6) is 5.75 Å². The molecule has 2 saturated carbocycles. The van der Waals surface area contributed by atoms with Crippen LogP contribution in [-0.4, -0.2) is 6.61 Å². The first-order valence-corrected chi connectivity index (χ1v) is 10.6. The van der Waals surface area contributed by atoms with Gasteiger partial charge in [-0.25, -0.2) is 4.39 Å². The Morgan fingerprint density at radius 1 is 1.00 bits per heavy atom. The summed E-state index contributed by atoms with van der Waals surface area (Å²) in [5, 5.41) is 2.04. The lowest BCUT2D eigenvalue weighted by Crippen LogP contribution is -2.29. The van der Waals surface area contributed by atoms with Crippen LogP contribution in [0.1, 0.15) is 63.9 Å². The second-order valence-corrected chi connectivity index (χ2v) is 8.72. The number of hydrogen-bond donors (Lipinski definition) is 0. The Labute approximate surface area is 162 Å². The first-order valence-electron chi connectivity index (χ1n) is 10.6.